The number of aromatic nitrogens is 2. The van der Waals surface area contributed by atoms with E-state index in [1.165, 1.54) is 6.42 Å². The minimum absolute atomic E-state index is 0.0991. The van der Waals surface area contributed by atoms with Gasteiger partial charge in [-0.25, -0.2) is 4.98 Å². The molecule has 1 amide bonds. The maximum atomic E-state index is 13.4. The first-order valence-corrected chi connectivity index (χ1v) is 10.9. The molecule has 0 saturated carbocycles. The van der Waals surface area contributed by atoms with Gasteiger partial charge in [0.1, 0.15) is 11.5 Å². The molecule has 1 aromatic carbocycles. The van der Waals surface area contributed by atoms with Crippen molar-refractivity contribution in [2.75, 3.05) is 32.7 Å². The van der Waals surface area contributed by atoms with E-state index >= 15 is 0 Å². The highest BCUT2D eigenvalue weighted by atomic mass is 35.5. The van der Waals surface area contributed by atoms with Crippen molar-refractivity contribution in [1.29, 1.82) is 0 Å². The SMILES string of the molecule is CCCN1CCN(C(=O)c2nc(-c3ccc(Cl)cc3)n3c2CCCCC3)CC1. The van der Waals surface area contributed by atoms with E-state index in [1.54, 1.807) is 0 Å². The first-order valence-electron chi connectivity index (χ1n) is 10.5. The van der Waals surface area contributed by atoms with Gasteiger partial charge in [0.15, 0.2) is 0 Å². The topological polar surface area (TPSA) is 41.4 Å². The second-order valence-corrected chi connectivity index (χ2v) is 8.27. The van der Waals surface area contributed by atoms with Crippen molar-refractivity contribution >= 4 is 17.5 Å². The Morgan fingerprint density at radius 3 is 2.50 bits per heavy atom. The molecular formula is C22H29ClN4O. The third-order valence-electron chi connectivity index (χ3n) is 5.87. The quantitative estimate of drug-likeness (QED) is 0.775. The fraction of sp³-hybridized carbons (Fsp3) is 0.545. The molecule has 0 spiro atoms. The number of imidazole rings is 1. The standard InChI is InChI=1S/C22H29ClN4O/c1-2-11-25-13-15-26(16-14-25)22(28)20-19-6-4-3-5-12-27(19)21(24-20)17-7-9-18(23)10-8-17/h7-10H,2-6,11-16H2,1H3. The van der Waals surface area contributed by atoms with Crippen LogP contribution in [0.4, 0.5) is 0 Å². The molecule has 1 fully saturated rings. The molecule has 0 atom stereocenters. The van der Waals surface area contributed by atoms with Crippen LogP contribution in [0, 0.1) is 0 Å². The van der Waals surface area contributed by atoms with Crippen molar-refractivity contribution in [1.82, 2.24) is 19.4 Å². The van der Waals surface area contributed by atoms with E-state index in [0.29, 0.717) is 10.7 Å². The number of benzene rings is 1. The molecule has 0 aliphatic carbocycles. The molecule has 2 aliphatic rings. The summed E-state index contributed by atoms with van der Waals surface area (Å²) in [4.78, 5) is 22.7. The van der Waals surface area contributed by atoms with Crippen LogP contribution in [-0.2, 0) is 13.0 Å². The number of piperazine rings is 1. The zero-order valence-electron chi connectivity index (χ0n) is 16.7. The van der Waals surface area contributed by atoms with Gasteiger partial charge < -0.3 is 9.47 Å². The molecule has 2 aromatic rings. The Bertz CT molecular complexity index is 822. The van der Waals surface area contributed by atoms with Gasteiger partial charge in [-0.1, -0.05) is 24.9 Å². The molecule has 5 nitrogen and oxygen atoms in total. The van der Waals surface area contributed by atoms with Crippen LogP contribution in [-0.4, -0.2) is 58.0 Å². The Morgan fingerprint density at radius 2 is 1.79 bits per heavy atom. The lowest BCUT2D eigenvalue weighted by molar-refractivity contribution is 0.0631. The summed E-state index contributed by atoms with van der Waals surface area (Å²) >= 11 is 6.07. The fourth-order valence-electron chi connectivity index (χ4n) is 4.35. The highest BCUT2D eigenvalue weighted by molar-refractivity contribution is 6.30. The van der Waals surface area contributed by atoms with Crippen LogP contribution in [0.1, 0.15) is 48.8 Å². The summed E-state index contributed by atoms with van der Waals surface area (Å²) in [6.45, 7) is 7.75. The Kier molecular flexibility index (Phi) is 6.02. The predicted octanol–water partition coefficient (Wildman–Crippen LogP) is 4.10. The smallest absolute Gasteiger partial charge is 0.274 e. The predicted molar refractivity (Wildman–Crippen MR) is 113 cm³/mol. The molecule has 4 rings (SSSR count). The van der Waals surface area contributed by atoms with Gasteiger partial charge in [-0.15, -0.1) is 0 Å². The third-order valence-corrected chi connectivity index (χ3v) is 6.12. The average Bonchev–Trinajstić information content (AvgIpc) is 2.90. The van der Waals surface area contributed by atoms with Gasteiger partial charge in [0.2, 0.25) is 0 Å². The molecule has 2 aliphatic heterocycles. The maximum absolute atomic E-state index is 13.4. The number of halogens is 1. The summed E-state index contributed by atoms with van der Waals surface area (Å²) in [5.74, 6) is 1.00. The number of hydrogen-bond donors (Lipinski definition) is 0. The van der Waals surface area contributed by atoms with Crippen LogP contribution in [0.15, 0.2) is 24.3 Å². The van der Waals surface area contributed by atoms with Crippen molar-refractivity contribution in [2.24, 2.45) is 0 Å². The molecule has 6 heteroatoms. The van der Waals surface area contributed by atoms with Crippen molar-refractivity contribution in [3.63, 3.8) is 0 Å². The number of fused-ring (bicyclic) bond motifs is 1. The zero-order chi connectivity index (χ0) is 19.5. The molecule has 150 valence electrons. The highest BCUT2D eigenvalue weighted by Crippen LogP contribution is 2.29. The van der Waals surface area contributed by atoms with E-state index in [9.17, 15) is 4.79 Å². The van der Waals surface area contributed by atoms with Gasteiger partial charge >= 0.3 is 0 Å². The van der Waals surface area contributed by atoms with E-state index in [1.807, 2.05) is 29.2 Å². The van der Waals surface area contributed by atoms with Crippen molar-refractivity contribution in [3.8, 4) is 11.4 Å². The van der Waals surface area contributed by atoms with Gasteiger partial charge in [-0.3, -0.25) is 9.69 Å². The minimum atomic E-state index is 0.0991. The first-order chi connectivity index (χ1) is 13.7. The summed E-state index contributed by atoms with van der Waals surface area (Å²) in [5, 5.41) is 0.715. The Labute approximate surface area is 172 Å². The molecule has 0 unspecified atom stereocenters. The average molecular weight is 401 g/mol. The number of carbonyl (C=O) groups excluding carboxylic acids is 1. The molecule has 1 saturated heterocycles. The van der Waals surface area contributed by atoms with Crippen LogP contribution >= 0.6 is 11.6 Å². The molecule has 0 radical (unpaired) electrons. The summed E-state index contributed by atoms with van der Waals surface area (Å²) in [5.41, 5.74) is 2.80. The zero-order valence-corrected chi connectivity index (χ0v) is 17.4. The van der Waals surface area contributed by atoms with E-state index in [0.717, 1.165) is 82.0 Å². The molecule has 28 heavy (non-hydrogen) atoms. The third kappa shape index (κ3) is 3.96. The molecule has 0 bridgehead atoms. The lowest BCUT2D eigenvalue weighted by Gasteiger charge is -2.34. The van der Waals surface area contributed by atoms with Crippen molar-refractivity contribution < 1.29 is 4.79 Å². The molecular weight excluding hydrogens is 372 g/mol. The number of amides is 1. The van der Waals surface area contributed by atoms with E-state index in [4.69, 9.17) is 16.6 Å². The normalized spacial score (nSPS) is 18.0. The summed E-state index contributed by atoms with van der Waals surface area (Å²) in [6, 6.07) is 7.79. The Balaban J connectivity index is 1.63. The first kappa shape index (κ1) is 19.5. The second kappa shape index (κ2) is 8.66. The monoisotopic (exact) mass is 400 g/mol. The largest absolute Gasteiger partial charge is 0.335 e. The Morgan fingerprint density at radius 1 is 1.04 bits per heavy atom. The van der Waals surface area contributed by atoms with Gasteiger partial charge in [-0.2, -0.15) is 0 Å². The van der Waals surface area contributed by atoms with E-state index in [-0.39, 0.29) is 5.91 Å². The van der Waals surface area contributed by atoms with Gasteiger partial charge in [0.25, 0.3) is 5.91 Å². The fourth-order valence-corrected chi connectivity index (χ4v) is 4.48. The van der Waals surface area contributed by atoms with Crippen LogP contribution in [0.5, 0.6) is 0 Å². The van der Waals surface area contributed by atoms with Crippen molar-refractivity contribution in [3.05, 3.63) is 40.7 Å². The van der Waals surface area contributed by atoms with Crippen LogP contribution < -0.4 is 0 Å². The summed E-state index contributed by atoms with van der Waals surface area (Å²) in [6.07, 6.45) is 5.54. The van der Waals surface area contributed by atoms with Gasteiger partial charge in [-0.05, 0) is 56.5 Å². The highest BCUT2D eigenvalue weighted by Gasteiger charge is 2.29. The lowest BCUT2D eigenvalue weighted by Crippen LogP contribution is -2.49. The minimum Gasteiger partial charge on any atom is -0.335 e. The second-order valence-electron chi connectivity index (χ2n) is 7.83. The number of rotatable bonds is 4. The summed E-state index contributed by atoms with van der Waals surface area (Å²) in [7, 11) is 0. The van der Waals surface area contributed by atoms with E-state index < -0.39 is 0 Å². The number of hydrogen-bond acceptors (Lipinski definition) is 3. The van der Waals surface area contributed by atoms with Crippen LogP contribution in [0.3, 0.4) is 0 Å². The van der Waals surface area contributed by atoms with Crippen LogP contribution in [0.2, 0.25) is 5.02 Å². The van der Waals surface area contributed by atoms with Gasteiger partial charge in [0, 0.05) is 43.3 Å². The van der Waals surface area contributed by atoms with Crippen molar-refractivity contribution in [2.45, 2.75) is 45.6 Å². The number of carbonyl (C=O) groups is 1. The molecule has 0 N–H and O–H groups in total. The molecule has 3 heterocycles. The van der Waals surface area contributed by atoms with Crippen LogP contribution in [0.25, 0.3) is 11.4 Å². The van der Waals surface area contributed by atoms with E-state index in [2.05, 4.69) is 16.4 Å². The summed E-state index contributed by atoms with van der Waals surface area (Å²) < 4.78 is 2.27. The lowest BCUT2D eigenvalue weighted by atomic mass is 10.1. The molecule has 1 aromatic heterocycles. The Hall–Kier alpha value is -1.85. The number of nitrogens with zero attached hydrogens (tertiary/aromatic N) is 4. The maximum Gasteiger partial charge on any atom is 0.274 e. The van der Waals surface area contributed by atoms with Gasteiger partial charge in [0.05, 0.1) is 5.69 Å².